The maximum absolute atomic E-state index is 11.7. The second-order valence-electron chi connectivity index (χ2n) is 4.84. The van der Waals surface area contributed by atoms with E-state index in [4.69, 9.17) is 15.4 Å². The Morgan fingerprint density at radius 2 is 2.26 bits per heavy atom. The fourth-order valence-electron chi connectivity index (χ4n) is 1.32. The van der Waals surface area contributed by atoms with E-state index in [9.17, 15) is 4.79 Å². The Labute approximate surface area is 111 Å². The predicted octanol–water partition coefficient (Wildman–Crippen LogP) is 2.71. The number of anilines is 1. The lowest BCUT2D eigenvalue weighted by atomic mass is 10.1. The van der Waals surface area contributed by atoms with Crippen molar-refractivity contribution in [3.05, 3.63) is 23.9 Å². The van der Waals surface area contributed by atoms with E-state index in [1.165, 1.54) is 6.20 Å². The maximum Gasteiger partial charge on any atom is 0.413 e. The van der Waals surface area contributed by atoms with Crippen LogP contribution in [0.3, 0.4) is 0 Å². The number of ether oxygens (including phenoxy) is 1. The van der Waals surface area contributed by atoms with Crippen molar-refractivity contribution >= 4 is 17.6 Å². The first-order valence-electron chi connectivity index (χ1n) is 5.73. The molecule has 1 aromatic heterocycles. The third-order valence-electron chi connectivity index (χ3n) is 2.01. The number of rotatable bonds is 3. The highest BCUT2D eigenvalue weighted by atomic mass is 16.6. The third-order valence-corrected chi connectivity index (χ3v) is 2.01. The quantitative estimate of drug-likeness (QED) is 0.816. The Morgan fingerprint density at radius 1 is 1.58 bits per heavy atom. The summed E-state index contributed by atoms with van der Waals surface area (Å²) in [5, 5.41) is 18.8. The van der Waals surface area contributed by atoms with Crippen molar-refractivity contribution in [1.82, 2.24) is 4.98 Å². The van der Waals surface area contributed by atoms with Crippen LogP contribution in [-0.2, 0) is 4.74 Å². The van der Waals surface area contributed by atoms with Gasteiger partial charge in [-0.05, 0) is 32.9 Å². The van der Waals surface area contributed by atoms with E-state index in [1.807, 2.05) is 6.07 Å². The number of hydrogen-bond acceptors (Lipinski definition) is 5. The van der Waals surface area contributed by atoms with Crippen LogP contribution in [-0.4, -0.2) is 22.4 Å². The predicted molar refractivity (Wildman–Crippen MR) is 71.2 cm³/mol. The molecule has 1 aromatic rings. The van der Waals surface area contributed by atoms with Crippen molar-refractivity contribution in [2.45, 2.75) is 32.8 Å². The van der Waals surface area contributed by atoms with Gasteiger partial charge in [-0.25, -0.2) is 9.78 Å². The van der Waals surface area contributed by atoms with Gasteiger partial charge < -0.3 is 10.1 Å². The molecule has 19 heavy (non-hydrogen) atoms. The number of carbonyl (C=O) groups is 1. The highest BCUT2D eigenvalue weighted by molar-refractivity contribution is 6.05. The van der Waals surface area contributed by atoms with Crippen molar-refractivity contribution < 1.29 is 9.53 Å². The van der Waals surface area contributed by atoms with Crippen LogP contribution in [0.15, 0.2) is 18.3 Å². The molecule has 1 rings (SSSR count). The molecule has 1 amide bonds. The number of carbonyl (C=O) groups excluding carboxylic acids is 1. The minimum Gasteiger partial charge on any atom is -0.444 e. The number of nitrogens with one attached hydrogen (secondary N) is 2. The molecule has 0 aliphatic rings. The summed E-state index contributed by atoms with van der Waals surface area (Å²) < 4.78 is 5.11. The first-order chi connectivity index (χ1) is 8.83. The van der Waals surface area contributed by atoms with Crippen LogP contribution in [0, 0.1) is 16.7 Å². The van der Waals surface area contributed by atoms with E-state index in [0.29, 0.717) is 5.56 Å². The third kappa shape index (κ3) is 4.76. The molecule has 6 nitrogen and oxygen atoms in total. The fourth-order valence-corrected chi connectivity index (χ4v) is 1.32. The minimum absolute atomic E-state index is 0.0469. The summed E-state index contributed by atoms with van der Waals surface area (Å²) in [4.78, 5) is 15.6. The van der Waals surface area contributed by atoms with Gasteiger partial charge in [0.05, 0.1) is 18.2 Å². The molecule has 0 aliphatic heterocycles. The molecule has 1 heterocycles. The molecule has 0 unspecified atom stereocenters. The average molecular weight is 260 g/mol. The monoisotopic (exact) mass is 260 g/mol. The van der Waals surface area contributed by atoms with Gasteiger partial charge in [0.2, 0.25) is 0 Å². The SMILES string of the molecule is CC(C)(C)OC(=O)Nc1ncccc1C(=N)CC#N. The Hall–Kier alpha value is -2.42. The Balaban J connectivity index is 2.87. The van der Waals surface area contributed by atoms with Gasteiger partial charge in [-0.2, -0.15) is 5.26 Å². The maximum atomic E-state index is 11.7. The number of aromatic nitrogens is 1. The van der Waals surface area contributed by atoms with Gasteiger partial charge in [0, 0.05) is 11.8 Å². The average Bonchev–Trinajstić information content (AvgIpc) is 2.27. The van der Waals surface area contributed by atoms with Crippen LogP contribution >= 0.6 is 0 Å². The summed E-state index contributed by atoms with van der Waals surface area (Å²) >= 11 is 0. The van der Waals surface area contributed by atoms with Gasteiger partial charge >= 0.3 is 6.09 Å². The standard InChI is InChI=1S/C13H16N4O2/c1-13(2,3)19-12(18)17-11-9(5-4-8-16-11)10(15)6-7-14/h4-5,8,15H,6H2,1-3H3,(H,16,17,18). The lowest BCUT2D eigenvalue weighted by Gasteiger charge is -2.20. The molecule has 0 atom stereocenters. The molecule has 0 aliphatic carbocycles. The van der Waals surface area contributed by atoms with Gasteiger partial charge in [-0.15, -0.1) is 0 Å². The summed E-state index contributed by atoms with van der Waals surface area (Å²) in [5.74, 6) is 0.219. The molecule has 0 saturated heterocycles. The Bertz CT molecular complexity index is 526. The molecule has 0 radical (unpaired) electrons. The number of nitriles is 1. The second kappa shape index (κ2) is 5.96. The Kier molecular flexibility index (Phi) is 4.59. The molecule has 0 saturated carbocycles. The minimum atomic E-state index is -0.641. The lowest BCUT2D eigenvalue weighted by Crippen LogP contribution is -2.28. The van der Waals surface area contributed by atoms with Crippen LogP contribution < -0.4 is 5.32 Å². The number of pyridine rings is 1. The molecule has 0 spiro atoms. The zero-order valence-corrected chi connectivity index (χ0v) is 11.2. The molecular weight excluding hydrogens is 244 g/mol. The number of nitrogens with zero attached hydrogens (tertiary/aromatic N) is 2. The van der Waals surface area contributed by atoms with E-state index < -0.39 is 11.7 Å². The van der Waals surface area contributed by atoms with E-state index in [-0.39, 0.29) is 18.0 Å². The van der Waals surface area contributed by atoms with Crippen LogP contribution in [0.25, 0.3) is 0 Å². The Morgan fingerprint density at radius 3 is 2.84 bits per heavy atom. The smallest absolute Gasteiger partial charge is 0.413 e. The van der Waals surface area contributed by atoms with Crippen molar-refractivity contribution in [2.24, 2.45) is 0 Å². The van der Waals surface area contributed by atoms with Gasteiger partial charge in [0.1, 0.15) is 11.4 Å². The molecule has 100 valence electrons. The van der Waals surface area contributed by atoms with E-state index in [1.54, 1.807) is 32.9 Å². The summed E-state index contributed by atoms with van der Waals surface area (Å²) in [5.41, 5.74) is -0.101. The fraction of sp³-hybridized carbons (Fsp3) is 0.385. The summed E-state index contributed by atoms with van der Waals surface area (Å²) in [6.45, 7) is 5.26. The number of amides is 1. The van der Waals surface area contributed by atoms with E-state index >= 15 is 0 Å². The van der Waals surface area contributed by atoms with Crippen LogP contribution in [0.1, 0.15) is 32.8 Å². The van der Waals surface area contributed by atoms with Gasteiger partial charge in [0.15, 0.2) is 0 Å². The molecule has 0 fully saturated rings. The molecular formula is C13H16N4O2. The summed E-state index contributed by atoms with van der Waals surface area (Å²) in [7, 11) is 0. The largest absolute Gasteiger partial charge is 0.444 e. The zero-order valence-electron chi connectivity index (χ0n) is 11.2. The van der Waals surface area contributed by atoms with Crippen LogP contribution in [0.4, 0.5) is 10.6 Å². The van der Waals surface area contributed by atoms with Crippen molar-refractivity contribution in [3.8, 4) is 6.07 Å². The highest BCUT2D eigenvalue weighted by Crippen LogP contribution is 2.15. The van der Waals surface area contributed by atoms with Crippen molar-refractivity contribution in [3.63, 3.8) is 0 Å². The highest BCUT2D eigenvalue weighted by Gasteiger charge is 2.18. The van der Waals surface area contributed by atoms with Crippen LogP contribution in [0.2, 0.25) is 0 Å². The molecule has 0 bridgehead atoms. The topological polar surface area (TPSA) is 98.9 Å². The first kappa shape index (κ1) is 14.6. The molecule has 6 heteroatoms. The zero-order chi connectivity index (χ0) is 14.5. The van der Waals surface area contributed by atoms with Gasteiger partial charge in [-0.3, -0.25) is 5.32 Å². The second-order valence-corrected chi connectivity index (χ2v) is 4.84. The summed E-state index contributed by atoms with van der Waals surface area (Å²) in [6.07, 6.45) is 0.807. The van der Waals surface area contributed by atoms with Crippen molar-refractivity contribution in [1.29, 1.82) is 10.7 Å². The van der Waals surface area contributed by atoms with Gasteiger partial charge in [0.25, 0.3) is 0 Å². The van der Waals surface area contributed by atoms with E-state index in [0.717, 1.165) is 0 Å². The molecule has 2 N–H and O–H groups in total. The number of hydrogen-bond donors (Lipinski definition) is 2. The normalized spacial score (nSPS) is 10.4. The van der Waals surface area contributed by atoms with Gasteiger partial charge in [-0.1, -0.05) is 0 Å². The summed E-state index contributed by atoms with van der Waals surface area (Å²) in [6, 6.07) is 5.15. The van der Waals surface area contributed by atoms with Crippen LogP contribution in [0.5, 0.6) is 0 Å². The van der Waals surface area contributed by atoms with Crippen molar-refractivity contribution in [2.75, 3.05) is 5.32 Å². The lowest BCUT2D eigenvalue weighted by molar-refractivity contribution is 0.0635. The first-order valence-corrected chi connectivity index (χ1v) is 5.73. The van der Waals surface area contributed by atoms with E-state index in [2.05, 4.69) is 10.3 Å². The molecule has 0 aromatic carbocycles.